The van der Waals surface area contributed by atoms with Crippen LogP contribution >= 0.6 is 11.3 Å². The highest BCUT2D eigenvalue weighted by Gasteiger charge is 2.26. The number of amides is 1. The van der Waals surface area contributed by atoms with Crippen molar-refractivity contribution in [1.82, 2.24) is 14.9 Å². The number of anilines is 1. The monoisotopic (exact) mass is 408 g/mol. The Labute approximate surface area is 176 Å². The highest BCUT2D eigenvalue weighted by molar-refractivity contribution is 7.18. The lowest BCUT2D eigenvalue weighted by Crippen LogP contribution is -2.50. The second-order valence-corrected chi connectivity index (χ2v) is 9.26. The fourth-order valence-electron chi connectivity index (χ4n) is 3.86. The minimum absolute atomic E-state index is 0.0477. The average Bonchev–Trinajstić information content (AvgIpc) is 3.01. The maximum atomic E-state index is 12.4. The molecule has 6 heteroatoms. The van der Waals surface area contributed by atoms with Gasteiger partial charge in [-0.2, -0.15) is 0 Å². The summed E-state index contributed by atoms with van der Waals surface area (Å²) in [6, 6.07) is 10.4. The van der Waals surface area contributed by atoms with Crippen LogP contribution < -0.4 is 4.90 Å². The van der Waals surface area contributed by atoms with Crippen molar-refractivity contribution in [2.24, 2.45) is 5.92 Å². The molecule has 0 spiro atoms. The first kappa shape index (κ1) is 19.8. The summed E-state index contributed by atoms with van der Waals surface area (Å²) < 4.78 is 0. The maximum Gasteiger partial charge on any atom is 0.225 e. The Kier molecular flexibility index (Phi) is 5.54. The predicted octanol–water partition coefficient (Wildman–Crippen LogP) is 4.20. The lowest BCUT2D eigenvalue weighted by Gasteiger charge is -2.36. The van der Waals surface area contributed by atoms with Gasteiger partial charge < -0.3 is 9.80 Å². The molecule has 4 rings (SSSR count). The normalized spacial score (nSPS) is 14.8. The molecule has 1 aliphatic rings. The van der Waals surface area contributed by atoms with Crippen LogP contribution in [0.5, 0.6) is 0 Å². The molecule has 1 saturated heterocycles. The van der Waals surface area contributed by atoms with Gasteiger partial charge >= 0.3 is 0 Å². The van der Waals surface area contributed by atoms with E-state index in [0.717, 1.165) is 49.1 Å². The molecule has 0 N–H and O–H groups in total. The van der Waals surface area contributed by atoms with Gasteiger partial charge in [-0.3, -0.25) is 4.79 Å². The second-order valence-electron chi connectivity index (χ2n) is 8.06. The second kappa shape index (κ2) is 8.11. The van der Waals surface area contributed by atoms with E-state index >= 15 is 0 Å². The van der Waals surface area contributed by atoms with E-state index in [1.54, 1.807) is 11.3 Å². The first-order valence-electron chi connectivity index (χ1n) is 10.3. The largest absolute Gasteiger partial charge is 0.352 e. The third-order valence-corrected chi connectivity index (χ3v) is 6.75. The number of nitrogens with zero attached hydrogens (tertiary/aromatic N) is 4. The number of thiophene rings is 1. The highest BCUT2D eigenvalue weighted by atomic mass is 32.1. The van der Waals surface area contributed by atoms with Crippen molar-refractivity contribution in [3.63, 3.8) is 0 Å². The first-order chi connectivity index (χ1) is 13.9. The van der Waals surface area contributed by atoms with Gasteiger partial charge in [-0.1, -0.05) is 44.2 Å². The van der Waals surface area contributed by atoms with E-state index in [0.29, 0.717) is 0 Å². The summed E-state index contributed by atoms with van der Waals surface area (Å²) in [5.74, 6) is 2.18. The fourth-order valence-corrected chi connectivity index (χ4v) is 4.90. The van der Waals surface area contributed by atoms with Gasteiger partial charge in [-0.15, -0.1) is 11.3 Å². The molecule has 29 heavy (non-hydrogen) atoms. The van der Waals surface area contributed by atoms with Crippen LogP contribution in [0.2, 0.25) is 0 Å². The zero-order valence-corrected chi connectivity index (χ0v) is 18.4. The molecule has 0 atom stereocenters. The van der Waals surface area contributed by atoms with Gasteiger partial charge in [0, 0.05) is 43.4 Å². The Morgan fingerprint density at radius 3 is 2.41 bits per heavy atom. The number of hydrogen-bond acceptors (Lipinski definition) is 5. The summed E-state index contributed by atoms with van der Waals surface area (Å²) in [7, 11) is 0. The Balaban J connectivity index is 1.66. The zero-order chi connectivity index (χ0) is 20.5. The van der Waals surface area contributed by atoms with Crippen LogP contribution in [0, 0.1) is 19.8 Å². The van der Waals surface area contributed by atoms with Crippen molar-refractivity contribution >= 4 is 33.3 Å². The van der Waals surface area contributed by atoms with E-state index in [1.165, 1.54) is 21.4 Å². The molecule has 1 fully saturated rings. The fraction of sp³-hybridized carbons (Fsp3) is 0.435. The third kappa shape index (κ3) is 3.99. The van der Waals surface area contributed by atoms with Gasteiger partial charge in [0.1, 0.15) is 16.5 Å². The standard InChI is InChI=1S/C23H28N4OS/c1-15(2)23(28)27-12-10-26(11-13-27)21-20-16(3)17(4)29-22(20)25-19(24-21)14-18-8-6-5-7-9-18/h5-9,15H,10-14H2,1-4H3. The molecule has 1 amide bonds. The average molecular weight is 409 g/mol. The topological polar surface area (TPSA) is 49.3 Å². The molecule has 0 bridgehead atoms. The maximum absolute atomic E-state index is 12.4. The molecule has 0 saturated carbocycles. The molecule has 0 radical (unpaired) electrons. The third-order valence-electron chi connectivity index (χ3n) is 5.65. The van der Waals surface area contributed by atoms with E-state index < -0.39 is 0 Å². The smallest absolute Gasteiger partial charge is 0.225 e. The van der Waals surface area contributed by atoms with Gasteiger partial charge in [0.05, 0.1) is 5.39 Å². The van der Waals surface area contributed by atoms with Crippen molar-refractivity contribution in [3.8, 4) is 0 Å². The summed E-state index contributed by atoms with van der Waals surface area (Å²) >= 11 is 1.75. The molecule has 2 aromatic heterocycles. The van der Waals surface area contributed by atoms with E-state index in [1.807, 2.05) is 24.8 Å². The van der Waals surface area contributed by atoms with Crippen molar-refractivity contribution < 1.29 is 4.79 Å². The molecule has 0 unspecified atom stereocenters. The lowest BCUT2D eigenvalue weighted by atomic mass is 10.1. The summed E-state index contributed by atoms with van der Waals surface area (Å²) in [6.45, 7) is 11.4. The zero-order valence-electron chi connectivity index (χ0n) is 17.6. The molecular formula is C23H28N4OS. The molecule has 5 nitrogen and oxygen atoms in total. The van der Waals surface area contributed by atoms with Crippen LogP contribution in [0.1, 0.15) is 35.7 Å². The number of rotatable bonds is 4. The van der Waals surface area contributed by atoms with Gasteiger partial charge in [0.25, 0.3) is 0 Å². The van der Waals surface area contributed by atoms with Crippen LogP contribution in [0.25, 0.3) is 10.2 Å². The van der Waals surface area contributed by atoms with Crippen LogP contribution in [-0.4, -0.2) is 47.0 Å². The number of fused-ring (bicyclic) bond motifs is 1. The van der Waals surface area contributed by atoms with E-state index in [-0.39, 0.29) is 11.8 Å². The number of piperazine rings is 1. The molecule has 3 heterocycles. The van der Waals surface area contributed by atoms with Crippen molar-refractivity contribution in [3.05, 3.63) is 52.2 Å². The van der Waals surface area contributed by atoms with Crippen molar-refractivity contribution in [1.29, 1.82) is 0 Å². The molecule has 1 aromatic carbocycles. The van der Waals surface area contributed by atoms with E-state index in [9.17, 15) is 4.79 Å². The quantitative estimate of drug-likeness (QED) is 0.649. The first-order valence-corrected chi connectivity index (χ1v) is 11.1. The van der Waals surface area contributed by atoms with E-state index in [4.69, 9.17) is 9.97 Å². The molecule has 0 aliphatic carbocycles. The molecule has 1 aliphatic heterocycles. The van der Waals surface area contributed by atoms with Gasteiger partial charge in [0.15, 0.2) is 0 Å². The van der Waals surface area contributed by atoms with Gasteiger partial charge in [-0.05, 0) is 25.0 Å². The Bertz CT molecular complexity index is 1020. The predicted molar refractivity (Wildman–Crippen MR) is 120 cm³/mol. The number of aromatic nitrogens is 2. The van der Waals surface area contributed by atoms with Crippen molar-refractivity contribution in [2.45, 2.75) is 34.1 Å². The summed E-state index contributed by atoms with van der Waals surface area (Å²) in [5.41, 5.74) is 2.49. The SMILES string of the molecule is Cc1sc2nc(Cc3ccccc3)nc(N3CCN(C(=O)C(C)C)CC3)c2c1C. The number of carbonyl (C=O) groups excluding carboxylic acids is 1. The van der Waals surface area contributed by atoms with Gasteiger partial charge in [0.2, 0.25) is 5.91 Å². The van der Waals surface area contributed by atoms with Crippen LogP contribution in [0.4, 0.5) is 5.82 Å². The summed E-state index contributed by atoms with van der Waals surface area (Å²) in [4.78, 5) is 28.9. The number of hydrogen-bond donors (Lipinski definition) is 0. The summed E-state index contributed by atoms with van der Waals surface area (Å²) in [5, 5.41) is 1.17. The number of benzene rings is 1. The number of aryl methyl sites for hydroxylation is 2. The van der Waals surface area contributed by atoms with E-state index in [2.05, 4.69) is 43.0 Å². The molecule has 3 aromatic rings. The number of carbonyl (C=O) groups is 1. The lowest BCUT2D eigenvalue weighted by molar-refractivity contribution is -0.134. The van der Waals surface area contributed by atoms with Crippen molar-refractivity contribution in [2.75, 3.05) is 31.1 Å². The molecule has 152 valence electrons. The Morgan fingerprint density at radius 2 is 1.76 bits per heavy atom. The Hall–Kier alpha value is -2.47. The van der Waals surface area contributed by atoms with Crippen LogP contribution in [0.15, 0.2) is 30.3 Å². The van der Waals surface area contributed by atoms with Crippen LogP contribution in [0.3, 0.4) is 0 Å². The summed E-state index contributed by atoms with van der Waals surface area (Å²) in [6.07, 6.45) is 0.728. The highest BCUT2D eigenvalue weighted by Crippen LogP contribution is 2.35. The Morgan fingerprint density at radius 1 is 1.07 bits per heavy atom. The molecular weight excluding hydrogens is 380 g/mol. The minimum Gasteiger partial charge on any atom is -0.352 e. The van der Waals surface area contributed by atoms with Gasteiger partial charge in [-0.25, -0.2) is 9.97 Å². The minimum atomic E-state index is 0.0477. The van der Waals surface area contributed by atoms with Crippen LogP contribution in [-0.2, 0) is 11.2 Å².